The van der Waals surface area contributed by atoms with Crippen LogP contribution in [0.1, 0.15) is 5.56 Å². The minimum Gasteiger partial charge on any atom is -0.445 e. The van der Waals surface area contributed by atoms with Crippen molar-refractivity contribution in [3.8, 4) is 0 Å². The number of ether oxygens (including phenoxy) is 3. The van der Waals surface area contributed by atoms with Crippen molar-refractivity contribution in [2.24, 2.45) is 0 Å². The molecule has 0 aromatic heterocycles. The zero-order valence-corrected chi connectivity index (χ0v) is 11.3. The molecule has 0 fully saturated rings. The smallest absolute Gasteiger partial charge is 0.407 e. The van der Waals surface area contributed by atoms with Crippen molar-refractivity contribution in [3.05, 3.63) is 35.9 Å². The fourth-order valence-electron chi connectivity index (χ4n) is 1.38. The number of carbonyl (C=O) groups excluding carboxylic acids is 1. The second-order valence-corrected chi connectivity index (χ2v) is 3.90. The Morgan fingerprint density at radius 1 is 1.05 bits per heavy atom. The zero-order valence-electron chi connectivity index (χ0n) is 11.3. The molecule has 0 aliphatic carbocycles. The molecular formula is C14H20FNO4. The van der Waals surface area contributed by atoms with Gasteiger partial charge in [0.05, 0.1) is 26.4 Å². The predicted molar refractivity (Wildman–Crippen MR) is 72.2 cm³/mol. The van der Waals surface area contributed by atoms with Crippen LogP contribution in [0.3, 0.4) is 0 Å². The van der Waals surface area contributed by atoms with Crippen LogP contribution in [0.15, 0.2) is 30.3 Å². The summed E-state index contributed by atoms with van der Waals surface area (Å²) in [6.07, 6.45) is -0.480. The molecule has 112 valence electrons. The average Bonchev–Trinajstić information content (AvgIpc) is 2.49. The molecule has 1 rings (SSSR count). The van der Waals surface area contributed by atoms with Crippen LogP contribution in [0.5, 0.6) is 0 Å². The van der Waals surface area contributed by atoms with Crippen LogP contribution in [-0.2, 0) is 20.8 Å². The number of alkyl carbamates (subject to hydrolysis) is 1. The number of halogens is 1. The highest BCUT2D eigenvalue weighted by atomic mass is 19.1. The molecule has 1 aromatic carbocycles. The van der Waals surface area contributed by atoms with Gasteiger partial charge in [-0.3, -0.25) is 0 Å². The normalized spacial score (nSPS) is 10.2. The first kappa shape index (κ1) is 16.4. The quantitative estimate of drug-likeness (QED) is 0.667. The van der Waals surface area contributed by atoms with E-state index >= 15 is 0 Å². The number of amides is 1. The van der Waals surface area contributed by atoms with Crippen LogP contribution >= 0.6 is 0 Å². The van der Waals surface area contributed by atoms with Crippen molar-refractivity contribution in [2.75, 3.05) is 39.6 Å². The number of rotatable bonds is 10. The molecule has 0 radical (unpaired) electrons. The summed E-state index contributed by atoms with van der Waals surface area (Å²) >= 11 is 0. The molecule has 0 aliphatic rings. The summed E-state index contributed by atoms with van der Waals surface area (Å²) in [5.41, 5.74) is 0.934. The lowest BCUT2D eigenvalue weighted by molar-refractivity contribution is 0.0433. The van der Waals surface area contributed by atoms with Crippen molar-refractivity contribution >= 4 is 6.09 Å². The molecule has 0 bridgehead atoms. The van der Waals surface area contributed by atoms with Crippen LogP contribution in [0, 0.1) is 0 Å². The van der Waals surface area contributed by atoms with E-state index < -0.39 is 12.8 Å². The molecule has 1 aromatic rings. The van der Waals surface area contributed by atoms with Crippen LogP contribution in [0.25, 0.3) is 0 Å². The van der Waals surface area contributed by atoms with E-state index in [9.17, 15) is 9.18 Å². The number of hydrogen-bond acceptors (Lipinski definition) is 4. The fraction of sp³-hybridized carbons (Fsp3) is 0.500. The summed E-state index contributed by atoms with van der Waals surface area (Å²) in [6, 6.07) is 9.44. The maximum absolute atomic E-state index is 11.7. The molecule has 20 heavy (non-hydrogen) atoms. The van der Waals surface area contributed by atoms with E-state index in [0.717, 1.165) is 5.56 Å². The Kier molecular flexibility index (Phi) is 9.17. The molecule has 5 nitrogen and oxygen atoms in total. The highest BCUT2D eigenvalue weighted by Crippen LogP contribution is 2.00. The first-order valence-electron chi connectivity index (χ1n) is 6.49. The standard InChI is InChI=1S/C14H20FNO4/c15-6-8-18-10-11-19-9-7-16-14(17)20-12-13-4-2-1-3-5-13/h1-5H,6-12H2,(H,16,17). The van der Waals surface area contributed by atoms with Crippen LogP contribution in [-0.4, -0.2) is 45.7 Å². The van der Waals surface area contributed by atoms with E-state index in [-0.39, 0.29) is 13.2 Å². The highest BCUT2D eigenvalue weighted by molar-refractivity contribution is 5.67. The van der Waals surface area contributed by atoms with Crippen molar-refractivity contribution in [1.29, 1.82) is 0 Å². The Labute approximate surface area is 118 Å². The predicted octanol–water partition coefficient (Wildman–Crippen LogP) is 1.92. The molecule has 0 spiro atoms. The van der Waals surface area contributed by atoms with Crippen LogP contribution < -0.4 is 5.32 Å². The molecule has 0 aliphatic heterocycles. The lowest BCUT2D eigenvalue weighted by Crippen LogP contribution is -2.28. The van der Waals surface area contributed by atoms with Crippen molar-refractivity contribution in [2.45, 2.75) is 6.61 Å². The molecule has 6 heteroatoms. The minimum atomic E-state index is -0.491. The number of carbonyl (C=O) groups is 1. The van der Waals surface area contributed by atoms with E-state index in [2.05, 4.69) is 5.32 Å². The molecule has 0 heterocycles. The molecule has 0 saturated heterocycles. The second kappa shape index (κ2) is 11.2. The van der Waals surface area contributed by atoms with E-state index in [1.807, 2.05) is 30.3 Å². The van der Waals surface area contributed by atoms with Gasteiger partial charge in [-0.1, -0.05) is 30.3 Å². The van der Waals surface area contributed by atoms with Gasteiger partial charge in [0.25, 0.3) is 0 Å². The SMILES string of the molecule is O=C(NCCOCCOCCF)OCc1ccccc1. The van der Waals surface area contributed by atoms with Crippen molar-refractivity contribution in [3.63, 3.8) is 0 Å². The summed E-state index contributed by atoms with van der Waals surface area (Å²) < 4.78 is 26.8. The van der Waals surface area contributed by atoms with Crippen molar-refractivity contribution < 1.29 is 23.4 Å². The lowest BCUT2D eigenvalue weighted by atomic mass is 10.2. The molecule has 0 saturated carbocycles. The Morgan fingerprint density at radius 3 is 2.45 bits per heavy atom. The number of alkyl halides is 1. The van der Waals surface area contributed by atoms with Gasteiger partial charge < -0.3 is 19.5 Å². The molecule has 1 N–H and O–H groups in total. The lowest BCUT2D eigenvalue weighted by Gasteiger charge is -2.07. The summed E-state index contributed by atoms with van der Waals surface area (Å²) in [7, 11) is 0. The number of hydrogen-bond donors (Lipinski definition) is 1. The van der Waals surface area contributed by atoms with E-state index in [1.165, 1.54) is 0 Å². The monoisotopic (exact) mass is 285 g/mol. The molecule has 1 amide bonds. The van der Waals surface area contributed by atoms with Gasteiger partial charge in [-0.05, 0) is 5.56 Å². The second-order valence-electron chi connectivity index (χ2n) is 3.90. The Bertz CT molecular complexity index is 361. The Hall–Kier alpha value is -1.66. The van der Waals surface area contributed by atoms with Gasteiger partial charge in [-0.25, -0.2) is 9.18 Å². The van der Waals surface area contributed by atoms with E-state index in [4.69, 9.17) is 14.2 Å². The van der Waals surface area contributed by atoms with Gasteiger partial charge in [0, 0.05) is 6.54 Å². The maximum atomic E-state index is 11.7. The summed E-state index contributed by atoms with van der Waals surface area (Å²) in [5, 5.41) is 2.57. The maximum Gasteiger partial charge on any atom is 0.407 e. The van der Waals surface area contributed by atoms with E-state index in [0.29, 0.717) is 26.4 Å². The number of nitrogens with one attached hydrogen (secondary N) is 1. The number of benzene rings is 1. The molecular weight excluding hydrogens is 265 g/mol. The first-order chi connectivity index (χ1) is 9.83. The third-order valence-electron chi connectivity index (χ3n) is 2.32. The topological polar surface area (TPSA) is 56.8 Å². The largest absolute Gasteiger partial charge is 0.445 e. The van der Waals surface area contributed by atoms with Gasteiger partial charge >= 0.3 is 6.09 Å². The van der Waals surface area contributed by atoms with Crippen LogP contribution in [0.2, 0.25) is 0 Å². The third kappa shape index (κ3) is 8.44. The Balaban J connectivity index is 1.93. The fourth-order valence-corrected chi connectivity index (χ4v) is 1.38. The van der Waals surface area contributed by atoms with Crippen LogP contribution in [0.4, 0.5) is 9.18 Å². The Morgan fingerprint density at radius 2 is 1.75 bits per heavy atom. The minimum absolute atomic E-state index is 0.0907. The molecule has 0 atom stereocenters. The zero-order chi connectivity index (χ0) is 14.5. The highest BCUT2D eigenvalue weighted by Gasteiger charge is 2.01. The summed E-state index contributed by atoms with van der Waals surface area (Å²) in [4.78, 5) is 11.3. The van der Waals surface area contributed by atoms with Gasteiger partial charge in [-0.15, -0.1) is 0 Å². The van der Waals surface area contributed by atoms with Gasteiger partial charge in [0.2, 0.25) is 0 Å². The first-order valence-corrected chi connectivity index (χ1v) is 6.49. The molecule has 0 unspecified atom stereocenters. The summed E-state index contributed by atoms with van der Waals surface area (Å²) in [5.74, 6) is 0. The van der Waals surface area contributed by atoms with Gasteiger partial charge in [-0.2, -0.15) is 0 Å². The summed E-state index contributed by atoms with van der Waals surface area (Å²) in [6.45, 7) is 1.28. The van der Waals surface area contributed by atoms with Gasteiger partial charge in [0.15, 0.2) is 0 Å². The average molecular weight is 285 g/mol. The van der Waals surface area contributed by atoms with Crippen molar-refractivity contribution in [1.82, 2.24) is 5.32 Å². The van der Waals surface area contributed by atoms with Gasteiger partial charge in [0.1, 0.15) is 13.3 Å². The third-order valence-corrected chi connectivity index (χ3v) is 2.32. The van der Waals surface area contributed by atoms with E-state index in [1.54, 1.807) is 0 Å².